The lowest BCUT2D eigenvalue weighted by Crippen LogP contribution is -2.56. The number of non-ortho nitro benzene ring substituents is 1. The summed E-state index contributed by atoms with van der Waals surface area (Å²) in [6, 6.07) is 5.00. The maximum absolute atomic E-state index is 10.7. The number of nitro benzene ring substituents is 1. The predicted molar refractivity (Wildman–Crippen MR) is 76.1 cm³/mol. The van der Waals surface area contributed by atoms with E-state index in [1.807, 2.05) is 13.8 Å². The molecule has 20 heavy (non-hydrogen) atoms. The van der Waals surface area contributed by atoms with Crippen LogP contribution in [0.15, 0.2) is 18.2 Å². The minimum Gasteiger partial charge on any atom is -0.379 e. The lowest BCUT2D eigenvalue weighted by molar-refractivity contribution is -0.384. The highest BCUT2D eigenvalue weighted by Gasteiger charge is 2.42. The van der Waals surface area contributed by atoms with E-state index in [9.17, 15) is 10.1 Å². The van der Waals surface area contributed by atoms with Crippen LogP contribution in [0.4, 0.5) is 11.4 Å². The number of benzene rings is 1. The Morgan fingerprint density at radius 2 is 2.25 bits per heavy atom. The molecular weight excluding hydrogens is 260 g/mol. The molecule has 1 fully saturated rings. The maximum atomic E-state index is 10.7. The first kappa shape index (κ1) is 14.7. The molecule has 0 aromatic heterocycles. The maximum Gasteiger partial charge on any atom is 0.269 e. The summed E-state index contributed by atoms with van der Waals surface area (Å²) < 4.78 is 11.0. The number of anilines is 1. The van der Waals surface area contributed by atoms with Gasteiger partial charge >= 0.3 is 0 Å². The molecule has 3 atom stereocenters. The summed E-state index contributed by atoms with van der Waals surface area (Å²) in [6.45, 7) is 4.50. The molecule has 6 heteroatoms. The molecule has 0 heterocycles. The lowest BCUT2D eigenvalue weighted by Gasteiger charge is -2.44. The first-order valence-corrected chi connectivity index (χ1v) is 6.72. The minimum absolute atomic E-state index is 0.0181. The second-order valence-corrected chi connectivity index (χ2v) is 4.94. The molecule has 1 aliphatic rings. The average Bonchev–Trinajstić information content (AvgIpc) is 2.39. The fourth-order valence-corrected chi connectivity index (χ4v) is 2.54. The van der Waals surface area contributed by atoms with Crippen LogP contribution >= 0.6 is 0 Å². The quantitative estimate of drug-likeness (QED) is 0.640. The van der Waals surface area contributed by atoms with E-state index in [0.29, 0.717) is 6.61 Å². The van der Waals surface area contributed by atoms with Gasteiger partial charge in [0.25, 0.3) is 5.69 Å². The molecule has 0 spiro atoms. The number of methoxy groups -OCH3 is 1. The van der Waals surface area contributed by atoms with Crippen LogP contribution in [-0.2, 0) is 9.47 Å². The molecule has 6 nitrogen and oxygen atoms in total. The van der Waals surface area contributed by atoms with Gasteiger partial charge in [-0.15, -0.1) is 0 Å². The van der Waals surface area contributed by atoms with Crippen LogP contribution in [0.3, 0.4) is 0 Å². The molecule has 3 unspecified atom stereocenters. The standard InChI is InChI=1S/C14H20N2O4/c1-4-20-13-8-12(14(13)19-3)15-11-6-5-10(16(17)18)7-9(11)2/h5-7,12-15H,4,8H2,1-3H3. The predicted octanol–water partition coefficient (Wildman–Crippen LogP) is 2.51. The van der Waals surface area contributed by atoms with Crippen LogP contribution in [0.5, 0.6) is 0 Å². The fraction of sp³-hybridized carbons (Fsp3) is 0.571. The Balaban J connectivity index is 2.02. The van der Waals surface area contributed by atoms with E-state index in [1.165, 1.54) is 6.07 Å². The van der Waals surface area contributed by atoms with E-state index in [2.05, 4.69) is 5.32 Å². The van der Waals surface area contributed by atoms with Crippen LogP contribution in [0.25, 0.3) is 0 Å². The molecule has 1 N–H and O–H groups in total. The molecule has 0 aliphatic heterocycles. The molecule has 0 bridgehead atoms. The lowest BCUT2D eigenvalue weighted by atomic mass is 9.84. The Hall–Kier alpha value is -1.66. The number of nitro groups is 1. The Morgan fingerprint density at radius 3 is 2.80 bits per heavy atom. The largest absolute Gasteiger partial charge is 0.379 e. The van der Waals surface area contributed by atoms with Crippen molar-refractivity contribution in [2.24, 2.45) is 0 Å². The summed E-state index contributed by atoms with van der Waals surface area (Å²) in [7, 11) is 1.67. The summed E-state index contributed by atoms with van der Waals surface area (Å²) in [6.07, 6.45) is 1.02. The third-order valence-electron chi connectivity index (χ3n) is 3.66. The van der Waals surface area contributed by atoms with Gasteiger partial charge in [0.15, 0.2) is 0 Å². The van der Waals surface area contributed by atoms with Crippen molar-refractivity contribution in [3.8, 4) is 0 Å². The van der Waals surface area contributed by atoms with Crippen molar-refractivity contribution >= 4 is 11.4 Å². The van der Waals surface area contributed by atoms with Crippen molar-refractivity contribution in [3.63, 3.8) is 0 Å². The number of rotatable bonds is 6. The normalized spacial score (nSPS) is 25.1. The molecule has 0 amide bonds. The highest BCUT2D eigenvalue weighted by atomic mass is 16.6. The average molecular weight is 280 g/mol. The van der Waals surface area contributed by atoms with E-state index in [4.69, 9.17) is 9.47 Å². The van der Waals surface area contributed by atoms with Crippen LogP contribution in [-0.4, -0.2) is 36.9 Å². The number of aryl methyl sites for hydroxylation is 1. The zero-order valence-corrected chi connectivity index (χ0v) is 12.0. The zero-order valence-electron chi connectivity index (χ0n) is 12.0. The van der Waals surface area contributed by atoms with Gasteiger partial charge < -0.3 is 14.8 Å². The number of hydrogen-bond donors (Lipinski definition) is 1. The number of ether oxygens (including phenoxy) is 2. The molecule has 2 rings (SSSR count). The summed E-state index contributed by atoms with van der Waals surface area (Å²) in [5.41, 5.74) is 1.86. The van der Waals surface area contributed by atoms with E-state index in [1.54, 1.807) is 19.2 Å². The molecule has 1 aromatic rings. The summed E-state index contributed by atoms with van der Waals surface area (Å²) in [4.78, 5) is 10.3. The van der Waals surface area contributed by atoms with Gasteiger partial charge in [-0.2, -0.15) is 0 Å². The van der Waals surface area contributed by atoms with Crippen LogP contribution in [0.1, 0.15) is 18.9 Å². The number of nitrogens with one attached hydrogen (secondary N) is 1. The Bertz CT molecular complexity index is 492. The van der Waals surface area contributed by atoms with Crippen molar-refractivity contribution in [1.29, 1.82) is 0 Å². The third-order valence-corrected chi connectivity index (χ3v) is 3.66. The highest BCUT2D eigenvalue weighted by molar-refractivity contribution is 5.56. The van der Waals surface area contributed by atoms with Gasteiger partial charge in [-0.3, -0.25) is 10.1 Å². The minimum atomic E-state index is -0.386. The molecule has 0 saturated heterocycles. The van der Waals surface area contributed by atoms with Gasteiger partial charge in [-0.05, 0) is 31.9 Å². The number of hydrogen-bond acceptors (Lipinski definition) is 5. The first-order valence-electron chi connectivity index (χ1n) is 6.72. The van der Waals surface area contributed by atoms with E-state index >= 15 is 0 Å². The van der Waals surface area contributed by atoms with Gasteiger partial charge in [0.1, 0.15) is 6.10 Å². The molecule has 1 aromatic carbocycles. The van der Waals surface area contributed by atoms with Gasteiger partial charge in [0.05, 0.1) is 17.1 Å². The van der Waals surface area contributed by atoms with Crippen LogP contribution in [0.2, 0.25) is 0 Å². The van der Waals surface area contributed by atoms with Crippen molar-refractivity contribution < 1.29 is 14.4 Å². The van der Waals surface area contributed by atoms with Crippen molar-refractivity contribution in [2.75, 3.05) is 19.0 Å². The second-order valence-electron chi connectivity index (χ2n) is 4.94. The zero-order chi connectivity index (χ0) is 14.7. The second kappa shape index (κ2) is 6.19. The van der Waals surface area contributed by atoms with Gasteiger partial charge in [0.2, 0.25) is 0 Å². The van der Waals surface area contributed by atoms with Gasteiger partial charge in [-0.1, -0.05) is 0 Å². The van der Waals surface area contributed by atoms with Crippen molar-refractivity contribution in [2.45, 2.75) is 38.5 Å². The summed E-state index contributed by atoms with van der Waals surface area (Å²) >= 11 is 0. The monoisotopic (exact) mass is 280 g/mol. The summed E-state index contributed by atoms with van der Waals surface area (Å²) in [5.74, 6) is 0. The molecule has 1 aliphatic carbocycles. The Morgan fingerprint density at radius 1 is 1.50 bits per heavy atom. The smallest absolute Gasteiger partial charge is 0.269 e. The highest BCUT2D eigenvalue weighted by Crippen LogP contribution is 2.31. The fourth-order valence-electron chi connectivity index (χ4n) is 2.54. The topological polar surface area (TPSA) is 73.6 Å². The molecule has 0 radical (unpaired) electrons. The Kier molecular flexibility index (Phi) is 4.57. The number of nitrogens with zero attached hydrogens (tertiary/aromatic N) is 1. The Labute approximate surface area is 118 Å². The van der Waals surface area contributed by atoms with Crippen molar-refractivity contribution in [1.82, 2.24) is 0 Å². The van der Waals surface area contributed by atoms with E-state index in [0.717, 1.165) is 17.7 Å². The van der Waals surface area contributed by atoms with Crippen LogP contribution in [0, 0.1) is 17.0 Å². The van der Waals surface area contributed by atoms with Crippen LogP contribution < -0.4 is 5.32 Å². The van der Waals surface area contributed by atoms with E-state index in [-0.39, 0.29) is 28.9 Å². The van der Waals surface area contributed by atoms with Gasteiger partial charge in [-0.25, -0.2) is 0 Å². The van der Waals surface area contributed by atoms with E-state index < -0.39 is 0 Å². The summed E-state index contributed by atoms with van der Waals surface area (Å²) in [5, 5.41) is 14.1. The van der Waals surface area contributed by atoms with Crippen molar-refractivity contribution in [3.05, 3.63) is 33.9 Å². The first-order chi connectivity index (χ1) is 9.56. The molecular formula is C14H20N2O4. The molecule has 110 valence electrons. The SMILES string of the molecule is CCOC1CC(Nc2ccc([N+](=O)[O-])cc2C)C1OC. The molecule has 1 saturated carbocycles. The third kappa shape index (κ3) is 2.91. The van der Waals surface area contributed by atoms with Gasteiger partial charge in [0, 0.05) is 31.5 Å².